The second kappa shape index (κ2) is 13.7. The number of benzene rings is 3. The Labute approximate surface area is 218 Å². The van der Waals surface area contributed by atoms with Gasteiger partial charge in [-0.1, -0.05) is 96.9 Å². The second-order valence-electron chi connectivity index (χ2n) is 9.01. The van der Waals surface area contributed by atoms with Gasteiger partial charge in [0.2, 0.25) is 5.91 Å². The van der Waals surface area contributed by atoms with Crippen molar-refractivity contribution >= 4 is 5.91 Å². The molecule has 1 aliphatic rings. The Hall–Kier alpha value is -3.47. The quantitative estimate of drug-likeness (QED) is 0.399. The Bertz CT molecular complexity index is 1130. The van der Waals surface area contributed by atoms with Crippen molar-refractivity contribution in [3.8, 4) is 12.3 Å². The lowest BCUT2D eigenvalue weighted by Crippen LogP contribution is -2.65. The van der Waals surface area contributed by atoms with Gasteiger partial charge in [0.05, 0.1) is 32.5 Å². The first-order valence-corrected chi connectivity index (χ1v) is 12.5. The molecule has 6 nitrogen and oxygen atoms in total. The summed E-state index contributed by atoms with van der Waals surface area (Å²) in [7, 11) is 0. The zero-order valence-electron chi connectivity index (χ0n) is 21.0. The summed E-state index contributed by atoms with van der Waals surface area (Å²) in [5.74, 6) is 2.47. The van der Waals surface area contributed by atoms with Crippen molar-refractivity contribution in [3.63, 3.8) is 0 Å². The molecule has 0 aromatic heterocycles. The first-order chi connectivity index (χ1) is 18.1. The highest BCUT2D eigenvalue weighted by atomic mass is 16.6. The van der Waals surface area contributed by atoms with Crippen molar-refractivity contribution in [2.45, 2.75) is 57.2 Å². The van der Waals surface area contributed by atoms with E-state index >= 15 is 0 Å². The molecule has 0 radical (unpaired) electrons. The van der Waals surface area contributed by atoms with Gasteiger partial charge in [0.25, 0.3) is 0 Å². The molecule has 1 saturated heterocycles. The number of terminal acetylenes is 1. The lowest BCUT2D eigenvalue weighted by molar-refractivity contribution is -0.222. The molecule has 0 saturated carbocycles. The van der Waals surface area contributed by atoms with Crippen molar-refractivity contribution < 1.29 is 23.7 Å². The zero-order chi connectivity index (χ0) is 25.9. The SMILES string of the molecule is C#C[C@@H]1OC(COCc2ccccc2)[C@H](OCc2ccccc2)C(OCc2ccccc2)C1NC(C)=O. The summed E-state index contributed by atoms with van der Waals surface area (Å²) >= 11 is 0. The minimum absolute atomic E-state index is 0.220. The highest BCUT2D eigenvalue weighted by Gasteiger charge is 2.47. The molecule has 3 aromatic rings. The summed E-state index contributed by atoms with van der Waals surface area (Å²) in [6.45, 7) is 2.82. The molecule has 1 aliphatic heterocycles. The molecular weight excluding hydrogens is 466 g/mol. The number of ether oxygens (including phenoxy) is 4. The van der Waals surface area contributed by atoms with Crippen LogP contribution in [-0.2, 0) is 43.6 Å². The van der Waals surface area contributed by atoms with Crippen LogP contribution >= 0.6 is 0 Å². The minimum Gasteiger partial charge on any atom is -0.374 e. The van der Waals surface area contributed by atoms with Gasteiger partial charge in [-0.15, -0.1) is 6.42 Å². The number of hydrogen-bond acceptors (Lipinski definition) is 5. The zero-order valence-corrected chi connectivity index (χ0v) is 21.0. The lowest BCUT2D eigenvalue weighted by Gasteiger charge is -2.45. The third-order valence-electron chi connectivity index (χ3n) is 6.19. The first kappa shape index (κ1) is 26.6. The molecule has 1 amide bonds. The van der Waals surface area contributed by atoms with E-state index in [4.69, 9.17) is 25.4 Å². The highest BCUT2D eigenvalue weighted by molar-refractivity contribution is 5.73. The molecule has 192 valence electrons. The first-order valence-electron chi connectivity index (χ1n) is 12.5. The standard InChI is InChI=1S/C31H33NO5/c1-3-27-29(32-23(2)33)31(36-21-26-17-11-6-12-18-26)30(35-20-25-15-9-5-10-16-25)28(37-27)22-34-19-24-13-7-4-8-14-24/h1,4-18,27-31H,19-22H2,2H3,(H,32,33)/t27-,28?,29?,30-,31?/m0/s1. The third kappa shape index (κ3) is 7.75. The predicted octanol–water partition coefficient (Wildman–Crippen LogP) is 4.28. The monoisotopic (exact) mass is 499 g/mol. The third-order valence-corrected chi connectivity index (χ3v) is 6.19. The van der Waals surface area contributed by atoms with E-state index < -0.39 is 30.5 Å². The van der Waals surface area contributed by atoms with Crippen LogP contribution in [0.2, 0.25) is 0 Å². The van der Waals surface area contributed by atoms with Gasteiger partial charge in [-0.3, -0.25) is 4.79 Å². The number of carbonyl (C=O) groups is 1. The smallest absolute Gasteiger partial charge is 0.217 e. The summed E-state index contributed by atoms with van der Waals surface area (Å²) in [6, 6.07) is 29.1. The van der Waals surface area contributed by atoms with Gasteiger partial charge in [0.15, 0.2) is 0 Å². The molecule has 0 bridgehead atoms. The van der Waals surface area contributed by atoms with Gasteiger partial charge in [-0.2, -0.15) is 0 Å². The Balaban J connectivity index is 1.57. The molecule has 1 heterocycles. The maximum absolute atomic E-state index is 12.1. The largest absolute Gasteiger partial charge is 0.374 e. The maximum atomic E-state index is 12.1. The van der Waals surface area contributed by atoms with Gasteiger partial charge in [-0.05, 0) is 16.7 Å². The summed E-state index contributed by atoms with van der Waals surface area (Å²) in [5, 5.41) is 2.95. The number of amides is 1. The van der Waals surface area contributed by atoms with Crippen LogP contribution in [0.15, 0.2) is 91.0 Å². The molecule has 3 unspecified atom stereocenters. The number of hydrogen-bond donors (Lipinski definition) is 1. The van der Waals surface area contributed by atoms with Gasteiger partial charge < -0.3 is 24.3 Å². The van der Waals surface area contributed by atoms with Gasteiger partial charge in [-0.25, -0.2) is 0 Å². The Morgan fingerprint density at radius 2 is 1.30 bits per heavy atom. The van der Waals surface area contributed by atoms with E-state index in [-0.39, 0.29) is 12.5 Å². The normalized spacial score (nSPS) is 23.2. The van der Waals surface area contributed by atoms with E-state index in [1.54, 1.807) is 0 Å². The number of carbonyl (C=O) groups excluding carboxylic acids is 1. The fourth-order valence-corrected chi connectivity index (χ4v) is 4.41. The Kier molecular flexibility index (Phi) is 9.87. The van der Waals surface area contributed by atoms with E-state index in [2.05, 4.69) is 11.2 Å². The van der Waals surface area contributed by atoms with Crippen LogP contribution in [0.5, 0.6) is 0 Å². The molecule has 1 N–H and O–H groups in total. The van der Waals surface area contributed by atoms with Crippen molar-refractivity contribution in [1.82, 2.24) is 5.32 Å². The van der Waals surface area contributed by atoms with Crippen LogP contribution in [0.25, 0.3) is 0 Å². The van der Waals surface area contributed by atoms with Gasteiger partial charge >= 0.3 is 0 Å². The number of rotatable bonds is 11. The summed E-state index contributed by atoms with van der Waals surface area (Å²) < 4.78 is 25.2. The van der Waals surface area contributed by atoms with Crippen LogP contribution in [0.1, 0.15) is 23.6 Å². The molecule has 0 aliphatic carbocycles. The highest BCUT2D eigenvalue weighted by Crippen LogP contribution is 2.28. The molecule has 6 heteroatoms. The maximum Gasteiger partial charge on any atom is 0.217 e. The summed E-state index contributed by atoms with van der Waals surface area (Å²) in [6.07, 6.45) is 3.56. The van der Waals surface area contributed by atoms with Crippen LogP contribution in [0, 0.1) is 12.3 Å². The van der Waals surface area contributed by atoms with Crippen LogP contribution in [0.3, 0.4) is 0 Å². The molecular formula is C31H33NO5. The fraction of sp³-hybridized carbons (Fsp3) is 0.323. The van der Waals surface area contributed by atoms with E-state index in [1.165, 1.54) is 6.92 Å². The van der Waals surface area contributed by atoms with Crippen molar-refractivity contribution in [1.29, 1.82) is 0 Å². The molecule has 4 rings (SSSR count). The van der Waals surface area contributed by atoms with Crippen molar-refractivity contribution in [3.05, 3.63) is 108 Å². The molecule has 5 atom stereocenters. The summed E-state index contributed by atoms with van der Waals surface area (Å²) in [4.78, 5) is 12.1. The van der Waals surface area contributed by atoms with Gasteiger partial charge in [0.1, 0.15) is 24.4 Å². The predicted molar refractivity (Wildman–Crippen MR) is 141 cm³/mol. The summed E-state index contributed by atoms with van der Waals surface area (Å²) in [5.41, 5.74) is 3.08. The van der Waals surface area contributed by atoms with Crippen LogP contribution in [-0.4, -0.2) is 43.0 Å². The topological polar surface area (TPSA) is 66.0 Å². The van der Waals surface area contributed by atoms with Crippen molar-refractivity contribution in [2.24, 2.45) is 0 Å². The Morgan fingerprint density at radius 1 is 0.811 bits per heavy atom. The molecule has 1 fully saturated rings. The van der Waals surface area contributed by atoms with Crippen LogP contribution < -0.4 is 5.32 Å². The average Bonchev–Trinajstić information content (AvgIpc) is 2.93. The van der Waals surface area contributed by atoms with E-state index in [0.29, 0.717) is 19.8 Å². The van der Waals surface area contributed by atoms with E-state index in [9.17, 15) is 4.79 Å². The molecule has 0 spiro atoms. The Morgan fingerprint density at radius 3 is 1.78 bits per heavy atom. The van der Waals surface area contributed by atoms with E-state index in [0.717, 1.165) is 16.7 Å². The lowest BCUT2D eigenvalue weighted by atomic mass is 9.92. The molecule has 3 aromatic carbocycles. The van der Waals surface area contributed by atoms with Crippen LogP contribution in [0.4, 0.5) is 0 Å². The fourth-order valence-electron chi connectivity index (χ4n) is 4.41. The van der Waals surface area contributed by atoms with Gasteiger partial charge in [0, 0.05) is 6.92 Å². The number of nitrogens with one attached hydrogen (secondary N) is 1. The second-order valence-corrected chi connectivity index (χ2v) is 9.01. The molecule has 37 heavy (non-hydrogen) atoms. The minimum atomic E-state index is -0.702. The van der Waals surface area contributed by atoms with Crippen molar-refractivity contribution in [2.75, 3.05) is 6.61 Å². The average molecular weight is 500 g/mol. The van der Waals surface area contributed by atoms with E-state index in [1.807, 2.05) is 91.0 Å².